The van der Waals surface area contributed by atoms with Gasteiger partial charge in [0.1, 0.15) is 35.0 Å². The SMILES string of the molecule is C=CC(=O)N1CCN(c2ncnc3c(F)c(-c4c(F)ccc(C(CCC)Cc5cc(NCC(=O)N6CCN(C7CN(C(=O)C=C)C7)CC6)c(O)cc5Cl)c4O)c(Cl)cc23)CC1. The summed E-state index contributed by atoms with van der Waals surface area (Å²) in [7, 11) is 0. The van der Waals surface area contributed by atoms with Crippen LogP contribution in [0.25, 0.3) is 22.0 Å². The molecule has 0 spiro atoms. The maximum atomic E-state index is 16.6. The van der Waals surface area contributed by atoms with E-state index in [1.807, 2.05) is 11.8 Å². The van der Waals surface area contributed by atoms with Crippen LogP contribution < -0.4 is 10.2 Å². The molecule has 322 valence electrons. The lowest BCUT2D eigenvalue weighted by atomic mass is 9.85. The first-order valence-electron chi connectivity index (χ1n) is 20.3. The predicted octanol–water partition coefficient (Wildman–Crippen LogP) is 6.21. The predicted molar refractivity (Wildman–Crippen MR) is 232 cm³/mol. The number of hydrogen-bond donors (Lipinski definition) is 3. The Kier molecular flexibility index (Phi) is 13.3. The number of benzene rings is 3. The van der Waals surface area contributed by atoms with Gasteiger partial charge in [-0.15, -0.1) is 0 Å². The minimum Gasteiger partial charge on any atom is -0.507 e. The van der Waals surface area contributed by atoms with Crippen molar-refractivity contribution in [1.82, 2.24) is 29.6 Å². The van der Waals surface area contributed by atoms with Crippen LogP contribution in [-0.4, -0.2) is 136 Å². The fourth-order valence-electron chi connectivity index (χ4n) is 8.52. The molecule has 0 aliphatic carbocycles. The van der Waals surface area contributed by atoms with Crippen LogP contribution in [0.15, 0.2) is 62.0 Å². The number of phenols is 2. The van der Waals surface area contributed by atoms with Crippen LogP contribution in [0.5, 0.6) is 11.5 Å². The van der Waals surface area contributed by atoms with Gasteiger partial charge in [-0.1, -0.05) is 55.8 Å². The van der Waals surface area contributed by atoms with Crippen molar-refractivity contribution in [2.45, 2.75) is 38.1 Å². The molecular weight excluding hydrogens is 829 g/mol. The van der Waals surface area contributed by atoms with Crippen LogP contribution in [0.3, 0.4) is 0 Å². The molecule has 1 atom stereocenters. The van der Waals surface area contributed by atoms with E-state index in [1.54, 1.807) is 20.8 Å². The summed E-state index contributed by atoms with van der Waals surface area (Å²) in [5.74, 6) is -2.85. The molecule has 3 N–H and O–H groups in total. The lowest BCUT2D eigenvalue weighted by Gasteiger charge is -2.47. The highest BCUT2D eigenvalue weighted by Crippen LogP contribution is 2.46. The standard InChI is InChI=1S/C44H48Cl2F2N8O5/c1-4-7-26(18-27-19-34(35(57)21-31(27)45)49-22-38(60)54-12-10-52(11-13-54)28-23-56(24-28)37(59)6-3)29-8-9-33(47)40(43(29)61)39-32(46)20-30-42(41(39)48)50-25-51-44(30)55-16-14-53(15-17-55)36(58)5-2/h5-6,8-9,19-21,25-26,28,49,57,61H,2-4,7,10-18,22-24H2,1H3. The number of rotatable bonds is 13. The van der Waals surface area contributed by atoms with E-state index in [9.17, 15) is 24.6 Å². The summed E-state index contributed by atoms with van der Waals surface area (Å²) in [6.45, 7) is 14.4. The molecular formula is C44H48Cl2F2N8O5. The number of carbonyl (C=O) groups is 3. The summed E-state index contributed by atoms with van der Waals surface area (Å²) >= 11 is 13.4. The van der Waals surface area contributed by atoms with Gasteiger partial charge < -0.3 is 35.1 Å². The van der Waals surface area contributed by atoms with E-state index in [1.165, 1.54) is 42.7 Å². The normalized spacial score (nSPS) is 16.7. The van der Waals surface area contributed by atoms with Gasteiger partial charge in [-0.05, 0) is 60.2 Å². The number of nitrogens with zero attached hydrogens (tertiary/aromatic N) is 7. The maximum Gasteiger partial charge on any atom is 0.246 e. The van der Waals surface area contributed by atoms with Crippen LogP contribution in [0, 0.1) is 11.6 Å². The minimum atomic E-state index is -0.926. The van der Waals surface area contributed by atoms with E-state index >= 15 is 8.78 Å². The number of amides is 3. The number of hydrogen-bond acceptors (Lipinski definition) is 10. The molecule has 0 saturated carbocycles. The van der Waals surface area contributed by atoms with Crippen molar-refractivity contribution in [3.05, 3.63) is 94.8 Å². The quantitative estimate of drug-likeness (QED) is 0.105. The number of carbonyl (C=O) groups excluding carboxylic acids is 3. The number of anilines is 2. The Balaban J connectivity index is 1.08. The second kappa shape index (κ2) is 18.6. The summed E-state index contributed by atoms with van der Waals surface area (Å²) in [5.41, 5.74) is 0.385. The Morgan fingerprint density at radius 1 is 0.885 bits per heavy atom. The molecule has 3 aliphatic rings. The van der Waals surface area contributed by atoms with Crippen molar-refractivity contribution < 1.29 is 33.4 Å². The average molecular weight is 878 g/mol. The number of fused-ring (bicyclic) bond motifs is 1. The van der Waals surface area contributed by atoms with Crippen molar-refractivity contribution in [1.29, 1.82) is 0 Å². The molecule has 17 heteroatoms. The first kappa shape index (κ1) is 43.6. The topological polar surface area (TPSA) is 146 Å². The van der Waals surface area contributed by atoms with Crippen molar-refractivity contribution in [2.75, 3.05) is 82.2 Å². The third-order valence-electron chi connectivity index (χ3n) is 11.9. The molecule has 0 bridgehead atoms. The summed E-state index contributed by atoms with van der Waals surface area (Å²) in [6, 6.07) is 7.42. The second-order valence-electron chi connectivity index (χ2n) is 15.5. The van der Waals surface area contributed by atoms with Crippen LogP contribution >= 0.6 is 23.2 Å². The zero-order valence-corrected chi connectivity index (χ0v) is 35.4. The van der Waals surface area contributed by atoms with E-state index in [2.05, 4.69) is 33.3 Å². The molecule has 3 amide bonds. The van der Waals surface area contributed by atoms with Crippen molar-refractivity contribution in [3.63, 3.8) is 0 Å². The molecule has 3 saturated heterocycles. The second-order valence-corrected chi connectivity index (χ2v) is 16.4. The summed E-state index contributed by atoms with van der Waals surface area (Å²) in [5, 5.41) is 26.1. The van der Waals surface area contributed by atoms with E-state index in [4.69, 9.17) is 23.2 Å². The van der Waals surface area contributed by atoms with Gasteiger partial charge in [0.25, 0.3) is 0 Å². The third-order valence-corrected chi connectivity index (χ3v) is 12.6. The molecule has 13 nitrogen and oxygen atoms in total. The number of piperazine rings is 2. The molecule has 0 radical (unpaired) electrons. The Morgan fingerprint density at radius 3 is 2.23 bits per heavy atom. The van der Waals surface area contributed by atoms with E-state index in [0.717, 1.165) is 0 Å². The highest BCUT2D eigenvalue weighted by atomic mass is 35.5. The number of aromatic nitrogens is 2. The van der Waals surface area contributed by atoms with Crippen LogP contribution in [0.4, 0.5) is 20.3 Å². The molecule has 7 rings (SSSR count). The summed E-state index contributed by atoms with van der Waals surface area (Å²) in [6.07, 6.45) is 5.25. The smallest absolute Gasteiger partial charge is 0.246 e. The maximum absolute atomic E-state index is 16.6. The van der Waals surface area contributed by atoms with Gasteiger partial charge in [0, 0.05) is 93.5 Å². The number of halogens is 4. The van der Waals surface area contributed by atoms with E-state index in [-0.39, 0.29) is 63.6 Å². The third kappa shape index (κ3) is 8.95. The van der Waals surface area contributed by atoms with Gasteiger partial charge in [-0.2, -0.15) is 0 Å². The molecule has 61 heavy (non-hydrogen) atoms. The first-order chi connectivity index (χ1) is 29.3. The molecule has 4 aromatic rings. The average Bonchev–Trinajstić information content (AvgIpc) is 3.24. The number of likely N-dealkylation sites (tertiary alicyclic amines) is 1. The fourth-order valence-corrected chi connectivity index (χ4v) is 9.04. The molecule has 3 fully saturated rings. The lowest BCUT2D eigenvalue weighted by molar-refractivity contribution is -0.135. The number of aromatic hydroxyl groups is 2. The zero-order valence-electron chi connectivity index (χ0n) is 33.8. The highest BCUT2D eigenvalue weighted by molar-refractivity contribution is 6.34. The zero-order chi connectivity index (χ0) is 43.5. The van der Waals surface area contributed by atoms with Crippen molar-refractivity contribution in [2.24, 2.45) is 0 Å². The minimum absolute atomic E-state index is 0.0714. The molecule has 4 heterocycles. The Labute approximate surface area is 362 Å². The summed E-state index contributed by atoms with van der Waals surface area (Å²) < 4.78 is 32.5. The lowest BCUT2D eigenvalue weighted by Crippen LogP contribution is -2.64. The largest absolute Gasteiger partial charge is 0.507 e. The van der Waals surface area contributed by atoms with Crippen LogP contribution in [-0.2, 0) is 20.8 Å². The Morgan fingerprint density at radius 2 is 1.56 bits per heavy atom. The van der Waals surface area contributed by atoms with Crippen LogP contribution in [0.1, 0.15) is 36.8 Å². The van der Waals surface area contributed by atoms with Crippen molar-refractivity contribution in [3.8, 4) is 22.6 Å². The molecule has 1 aromatic heterocycles. The monoisotopic (exact) mass is 876 g/mol. The fraction of sp³-hybridized carbons (Fsp3) is 0.386. The molecule has 3 aliphatic heterocycles. The van der Waals surface area contributed by atoms with Gasteiger partial charge in [0.2, 0.25) is 17.7 Å². The summed E-state index contributed by atoms with van der Waals surface area (Å²) in [4.78, 5) is 55.1. The molecule has 3 aromatic carbocycles. The van der Waals surface area contributed by atoms with E-state index < -0.39 is 28.9 Å². The van der Waals surface area contributed by atoms with Gasteiger partial charge >= 0.3 is 0 Å². The van der Waals surface area contributed by atoms with Gasteiger partial charge in [-0.3, -0.25) is 19.3 Å². The highest BCUT2D eigenvalue weighted by Gasteiger charge is 2.36. The van der Waals surface area contributed by atoms with Gasteiger partial charge in [0.05, 0.1) is 22.8 Å². The molecule has 1 unspecified atom stereocenters. The van der Waals surface area contributed by atoms with E-state index in [0.29, 0.717) is 106 Å². The Bertz CT molecular complexity index is 2360. The van der Waals surface area contributed by atoms with Crippen molar-refractivity contribution >= 4 is 63.3 Å². The number of nitrogens with one attached hydrogen (secondary N) is 1. The van der Waals surface area contributed by atoms with Gasteiger partial charge in [-0.25, -0.2) is 18.7 Å². The first-order valence-corrected chi connectivity index (χ1v) is 21.1. The van der Waals surface area contributed by atoms with Crippen LogP contribution in [0.2, 0.25) is 10.0 Å². The van der Waals surface area contributed by atoms with Gasteiger partial charge in [0.15, 0.2) is 5.82 Å². The number of phenolic OH excluding ortho intramolecular Hbond substituents is 2. The Hall–Kier alpha value is -5.51.